The summed E-state index contributed by atoms with van der Waals surface area (Å²) in [5, 5.41) is 5.90. The molecule has 1 saturated carbocycles. The van der Waals surface area contributed by atoms with Crippen LogP contribution in [-0.4, -0.2) is 50.8 Å². The quantitative estimate of drug-likeness (QED) is 0.752. The van der Waals surface area contributed by atoms with Crippen LogP contribution in [0.2, 0.25) is 0 Å². The Morgan fingerprint density at radius 3 is 2.55 bits per heavy atom. The molecule has 2 aromatic rings. The van der Waals surface area contributed by atoms with Gasteiger partial charge in [-0.2, -0.15) is 0 Å². The van der Waals surface area contributed by atoms with E-state index in [-0.39, 0.29) is 23.3 Å². The second-order valence-corrected chi connectivity index (χ2v) is 8.55. The number of nitrogens with one attached hydrogen (secondary N) is 2. The molecule has 2 fully saturated rings. The van der Waals surface area contributed by atoms with Gasteiger partial charge in [0, 0.05) is 23.2 Å². The number of ether oxygens (including phenoxy) is 2. The van der Waals surface area contributed by atoms with Crippen molar-refractivity contribution >= 4 is 11.7 Å². The zero-order valence-corrected chi connectivity index (χ0v) is 18.3. The Balaban J connectivity index is 1.47. The van der Waals surface area contributed by atoms with Gasteiger partial charge in [-0.15, -0.1) is 0 Å². The molecule has 6 nitrogen and oxygen atoms in total. The number of nitrogens with zero attached hydrogens (tertiary/aromatic N) is 1. The molecule has 3 unspecified atom stereocenters. The van der Waals surface area contributed by atoms with Gasteiger partial charge in [0.05, 0.1) is 14.2 Å². The molecule has 31 heavy (non-hydrogen) atoms. The predicted molar refractivity (Wildman–Crippen MR) is 118 cm³/mol. The van der Waals surface area contributed by atoms with Crippen LogP contribution in [0.25, 0.3) is 0 Å². The number of anilines is 1. The number of methoxy groups -OCH3 is 2. The number of likely N-dealkylation sites (N-methyl/N-ethyl adjacent to an activating group) is 1. The van der Waals surface area contributed by atoms with E-state index in [0.29, 0.717) is 11.7 Å². The molecule has 2 N–H and O–H groups in total. The van der Waals surface area contributed by atoms with Gasteiger partial charge in [0.25, 0.3) is 0 Å². The molecule has 2 amide bonds. The summed E-state index contributed by atoms with van der Waals surface area (Å²) in [6.07, 6.45) is 3.84. The van der Waals surface area contributed by atoms with Gasteiger partial charge in [-0.1, -0.05) is 6.07 Å². The molecule has 2 aromatic carbocycles. The maximum atomic E-state index is 13.1. The summed E-state index contributed by atoms with van der Waals surface area (Å²) in [6, 6.07) is 12.2. The molecule has 4 rings (SSSR count). The predicted octanol–water partition coefficient (Wildman–Crippen LogP) is 4.16. The highest BCUT2D eigenvalue weighted by atomic mass is 19.1. The van der Waals surface area contributed by atoms with Crippen molar-refractivity contribution in [3.63, 3.8) is 0 Å². The fourth-order valence-electron chi connectivity index (χ4n) is 5.28. The van der Waals surface area contributed by atoms with Crippen molar-refractivity contribution in [3.05, 3.63) is 53.8 Å². The van der Waals surface area contributed by atoms with E-state index in [4.69, 9.17) is 9.47 Å². The van der Waals surface area contributed by atoms with Crippen LogP contribution in [0.4, 0.5) is 14.9 Å². The van der Waals surface area contributed by atoms with Gasteiger partial charge < -0.3 is 25.0 Å². The minimum Gasteiger partial charge on any atom is -0.493 e. The lowest BCUT2D eigenvalue weighted by Gasteiger charge is -2.45. The third-order valence-electron chi connectivity index (χ3n) is 6.92. The van der Waals surface area contributed by atoms with Gasteiger partial charge in [-0.3, -0.25) is 0 Å². The molecule has 3 atom stereocenters. The van der Waals surface area contributed by atoms with Crippen molar-refractivity contribution < 1.29 is 18.7 Å². The van der Waals surface area contributed by atoms with Crippen LogP contribution in [0.15, 0.2) is 42.5 Å². The van der Waals surface area contributed by atoms with E-state index in [9.17, 15) is 9.18 Å². The number of amides is 2. The van der Waals surface area contributed by atoms with Gasteiger partial charge in [-0.25, -0.2) is 9.18 Å². The summed E-state index contributed by atoms with van der Waals surface area (Å²) in [5.74, 6) is 1.16. The van der Waals surface area contributed by atoms with Gasteiger partial charge in [-0.05, 0) is 81.2 Å². The first kappa shape index (κ1) is 21.4. The molecular weight excluding hydrogens is 397 g/mol. The first-order valence-electron chi connectivity index (χ1n) is 10.7. The lowest BCUT2D eigenvalue weighted by Crippen LogP contribution is -2.52. The average Bonchev–Trinajstić information content (AvgIpc) is 3.12. The number of carbonyl (C=O) groups is 1. The molecule has 0 aromatic heterocycles. The van der Waals surface area contributed by atoms with Crippen LogP contribution in [-0.2, 0) is 5.41 Å². The molecule has 2 aliphatic rings. The molecule has 1 aliphatic heterocycles. The lowest BCUT2D eigenvalue weighted by atomic mass is 9.65. The first-order chi connectivity index (χ1) is 14.9. The normalized spacial score (nSPS) is 25.5. The zero-order valence-electron chi connectivity index (χ0n) is 18.3. The Bertz CT molecular complexity index is 936. The lowest BCUT2D eigenvalue weighted by molar-refractivity contribution is 0.156. The minimum atomic E-state index is -0.325. The van der Waals surface area contributed by atoms with Gasteiger partial charge in [0.1, 0.15) is 5.82 Å². The van der Waals surface area contributed by atoms with E-state index in [1.54, 1.807) is 26.4 Å². The molecular formula is C24H30FN3O3. The number of hydrogen-bond donors (Lipinski definition) is 2. The standard InChI is InChI=1S/C24H30FN3O3/c1-28-13-12-24(16-4-9-20(30-2)21(14-16)31-3)11-10-19(15-22(24)28)27-23(29)26-18-7-5-17(25)6-8-18/h4-9,14,19,22H,10-13,15H2,1-3H3,(H2,26,27,29). The second-order valence-electron chi connectivity index (χ2n) is 8.55. The monoisotopic (exact) mass is 427 g/mol. The molecule has 1 heterocycles. The molecule has 0 radical (unpaired) electrons. The topological polar surface area (TPSA) is 62.8 Å². The maximum Gasteiger partial charge on any atom is 0.319 e. The van der Waals surface area contributed by atoms with Crippen molar-refractivity contribution in [1.82, 2.24) is 10.2 Å². The highest BCUT2D eigenvalue weighted by Crippen LogP contribution is 2.49. The van der Waals surface area contributed by atoms with E-state index in [1.165, 1.54) is 17.7 Å². The van der Waals surface area contributed by atoms with Crippen molar-refractivity contribution in [2.75, 3.05) is 33.1 Å². The van der Waals surface area contributed by atoms with Crippen molar-refractivity contribution in [3.8, 4) is 11.5 Å². The summed E-state index contributed by atoms with van der Waals surface area (Å²) in [7, 11) is 5.47. The number of urea groups is 1. The van der Waals surface area contributed by atoms with Crippen molar-refractivity contribution in [2.45, 2.75) is 43.2 Å². The molecule has 0 spiro atoms. The largest absolute Gasteiger partial charge is 0.493 e. The smallest absolute Gasteiger partial charge is 0.319 e. The van der Waals surface area contributed by atoms with Crippen LogP contribution < -0.4 is 20.1 Å². The highest BCUT2D eigenvalue weighted by molar-refractivity contribution is 5.89. The Morgan fingerprint density at radius 2 is 1.84 bits per heavy atom. The SMILES string of the molecule is COc1ccc(C23CCC(NC(=O)Nc4ccc(F)cc4)CC2N(C)CC3)cc1OC. The summed E-state index contributed by atoms with van der Waals surface area (Å²) in [4.78, 5) is 14.9. The van der Waals surface area contributed by atoms with Crippen LogP contribution in [0.1, 0.15) is 31.2 Å². The van der Waals surface area contributed by atoms with E-state index >= 15 is 0 Å². The number of halogens is 1. The number of fused-ring (bicyclic) bond motifs is 1. The molecule has 1 saturated heterocycles. The summed E-state index contributed by atoms with van der Waals surface area (Å²) in [6.45, 7) is 1.02. The fourth-order valence-corrected chi connectivity index (χ4v) is 5.28. The van der Waals surface area contributed by atoms with E-state index < -0.39 is 0 Å². The van der Waals surface area contributed by atoms with E-state index in [1.807, 2.05) is 6.07 Å². The van der Waals surface area contributed by atoms with Gasteiger partial charge in [0.15, 0.2) is 11.5 Å². The van der Waals surface area contributed by atoms with Crippen molar-refractivity contribution in [1.29, 1.82) is 0 Å². The van der Waals surface area contributed by atoms with Crippen molar-refractivity contribution in [2.24, 2.45) is 0 Å². The Hall–Kier alpha value is -2.80. The highest BCUT2D eigenvalue weighted by Gasteiger charge is 2.50. The van der Waals surface area contributed by atoms with E-state index in [0.717, 1.165) is 43.7 Å². The van der Waals surface area contributed by atoms with Crippen LogP contribution in [0, 0.1) is 5.82 Å². The Labute approximate surface area is 182 Å². The summed E-state index contributed by atoms with van der Waals surface area (Å²) >= 11 is 0. The first-order valence-corrected chi connectivity index (χ1v) is 10.7. The zero-order chi connectivity index (χ0) is 22.0. The second kappa shape index (κ2) is 8.75. The van der Waals surface area contributed by atoms with Gasteiger partial charge >= 0.3 is 6.03 Å². The number of hydrogen-bond acceptors (Lipinski definition) is 4. The fraction of sp³-hybridized carbons (Fsp3) is 0.458. The number of likely N-dealkylation sites (tertiary alicyclic amines) is 1. The molecule has 166 valence electrons. The third-order valence-corrected chi connectivity index (χ3v) is 6.92. The van der Waals surface area contributed by atoms with Crippen LogP contribution >= 0.6 is 0 Å². The molecule has 7 heteroatoms. The maximum absolute atomic E-state index is 13.1. The molecule has 0 bridgehead atoms. The number of benzene rings is 2. The molecule has 1 aliphatic carbocycles. The van der Waals surface area contributed by atoms with E-state index in [2.05, 4.69) is 34.7 Å². The number of rotatable bonds is 5. The number of carbonyl (C=O) groups excluding carboxylic acids is 1. The average molecular weight is 428 g/mol. The summed E-state index contributed by atoms with van der Waals surface area (Å²) < 4.78 is 24.0. The van der Waals surface area contributed by atoms with Gasteiger partial charge in [0.2, 0.25) is 0 Å². The summed E-state index contributed by atoms with van der Waals surface area (Å²) in [5.41, 5.74) is 1.89. The third kappa shape index (κ3) is 4.19. The Morgan fingerprint density at radius 1 is 1.10 bits per heavy atom. The van der Waals surface area contributed by atoms with Crippen LogP contribution in [0.3, 0.4) is 0 Å². The van der Waals surface area contributed by atoms with Crippen LogP contribution in [0.5, 0.6) is 11.5 Å². The minimum absolute atomic E-state index is 0.0416. The Kier molecular flexibility index (Phi) is 6.05.